The summed E-state index contributed by atoms with van der Waals surface area (Å²) >= 11 is 0. The SMILES string of the molecule is CC1(C)C2CCCCC2C2CCC(N(C3CCC4C5CCCCC5C(C)(C)C4C3)C3CCCC4C3CCCC4N(C3CCCCC3)C3CCCC4CCCCC43)CC21. The van der Waals surface area contributed by atoms with Gasteiger partial charge in [0.25, 0.3) is 0 Å². The second-order valence-electron chi connectivity index (χ2n) is 25.9. The maximum Gasteiger partial charge on any atom is 0.0133 e. The highest BCUT2D eigenvalue weighted by Crippen LogP contribution is 2.66. The monoisotopic (exact) mass is 795 g/mol. The Balaban J connectivity index is 0.922. The molecule has 17 unspecified atom stereocenters. The third-order valence-corrected chi connectivity index (χ3v) is 23.5. The second-order valence-corrected chi connectivity index (χ2v) is 25.9. The fourth-order valence-electron chi connectivity index (χ4n) is 21.3. The van der Waals surface area contributed by atoms with E-state index in [9.17, 15) is 0 Å². The standard InChI is InChI=1S/C56H94N2/c1-55(2)48-26-12-10-22-42(48)44-33-31-39(35-50(44)55)57(40-32-34-45-43-23-11-13-27-49(43)56(3,4)51(45)36-40)53-29-15-25-47-46(53)24-16-30-54(47)58(38-19-6-5-7-20-38)52-28-14-18-37-17-8-9-21-41(37)52/h37-54H,5-36H2,1-4H3. The van der Waals surface area contributed by atoms with E-state index >= 15 is 0 Å². The van der Waals surface area contributed by atoms with Crippen LogP contribution in [0.5, 0.6) is 0 Å². The molecule has 0 radical (unpaired) electrons. The Morgan fingerprint density at radius 2 is 0.672 bits per heavy atom. The molecule has 58 heavy (non-hydrogen) atoms. The molecule has 0 aromatic carbocycles. The Hall–Kier alpha value is -0.0800. The lowest BCUT2D eigenvalue weighted by Crippen LogP contribution is -2.63. The van der Waals surface area contributed by atoms with Gasteiger partial charge in [0.2, 0.25) is 0 Å². The van der Waals surface area contributed by atoms with E-state index in [4.69, 9.17) is 0 Å². The van der Waals surface area contributed by atoms with Gasteiger partial charge in [0.1, 0.15) is 0 Å². The lowest BCUT2D eigenvalue weighted by molar-refractivity contribution is -0.102. The van der Waals surface area contributed by atoms with Crippen LogP contribution in [0.2, 0.25) is 0 Å². The van der Waals surface area contributed by atoms with Crippen LogP contribution in [0.4, 0.5) is 0 Å². The van der Waals surface area contributed by atoms with Gasteiger partial charge in [-0.05, 0) is 197 Å². The van der Waals surface area contributed by atoms with Crippen molar-refractivity contribution in [3.63, 3.8) is 0 Å². The molecule has 0 amide bonds. The Kier molecular flexibility index (Phi) is 11.6. The van der Waals surface area contributed by atoms with Crippen LogP contribution in [-0.4, -0.2) is 46.1 Å². The van der Waals surface area contributed by atoms with Crippen molar-refractivity contribution >= 4 is 0 Å². The molecule has 0 aliphatic heterocycles. The van der Waals surface area contributed by atoms with E-state index in [0.717, 1.165) is 107 Å². The summed E-state index contributed by atoms with van der Waals surface area (Å²) in [5.74, 6) is 12.3. The van der Waals surface area contributed by atoms with Crippen molar-refractivity contribution in [3.05, 3.63) is 0 Å². The maximum absolute atomic E-state index is 3.56. The first-order valence-corrected chi connectivity index (χ1v) is 27.9. The first kappa shape index (κ1) is 40.7. The zero-order chi connectivity index (χ0) is 39.2. The predicted octanol–water partition coefficient (Wildman–Crippen LogP) is 14.9. The van der Waals surface area contributed by atoms with Crippen LogP contribution in [0, 0.1) is 81.8 Å². The first-order valence-electron chi connectivity index (χ1n) is 27.9. The normalized spacial score (nSPS) is 50.3. The molecule has 328 valence electrons. The van der Waals surface area contributed by atoms with E-state index in [-0.39, 0.29) is 0 Å². The van der Waals surface area contributed by atoms with Crippen LogP contribution in [0.15, 0.2) is 0 Å². The molecule has 17 atom stereocenters. The smallest absolute Gasteiger partial charge is 0.0133 e. The summed E-state index contributed by atoms with van der Waals surface area (Å²) in [6.07, 6.45) is 49.5. The van der Waals surface area contributed by atoms with E-state index in [1.54, 1.807) is 116 Å². The van der Waals surface area contributed by atoms with Gasteiger partial charge in [-0.15, -0.1) is 0 Å². The largest absolute Gasteiger partial charge is 0.294 e. The quantitative estimate of drug-likeness (QED) is 0.264. The van der Waals surface area contributed by atoms with Gasteiger partial charge in [-0.2, -0.15) is 0 Å². The molecule has 0 aromatic rings. The fraction of sp³-hybridized carbons (Fsp3) is 1.00. The molecule has 11 aliphatic rings. The van der Waals surface area contributed by atoms with Crippen molar-refractivity contribution in [2.24, 2.45) is 81.8 Å². The topological polar surface area (TPSA) is 6.48 Å². The van der Waals surface area contributed by atoms with Crippen LogP contribution >= 0.6 is 0 Å². The predicted molar refractivity (Wildman–Crippen MR) is 244 cm³/mol. The van der Waals surface area contributed by atoms with E-state index in [0.29, 0.717) is 10.8 Å². The van der Waals surface area contributed by atoms with Crippen LogP contribution in [0.3, 0.4) is 0 Å². The Labute approximate surface area is 359 Å². The zero-order valence-corrected chi connectivity index (χ0v) is 38.9. The van der Waals surface area contributed by atoms with Crippen molar-refractivity contribution in [2.75, 3.05) is 0 Å². The average molecular weight is 795 g/mol. The molecular formula is C56H94N2. The summed E-state index contributed by atoms with van der Waals surface area (Å²) in [5.41, 5.74) is 1.12. The first-order chi connectivity index (χ1) is 28.3. The highest BCUT2D eigenvalue weighted by molar-refractivity contribution is 5.12. The molecule has 0 aromatic heterocycles. The maximum atomic E-state index is 3.56. The van der Waals surface area contributed by atoms with E-state index in [2.05, 4.69) is 37.5 Å². The Morgan fingerprint density at radius 1 is 0.276 bits per heavy atom. The fourth-order valence-corrected chi connectivity index (χ4v) is 21.3. The van der Waals surface area contributed by atoms with E-state index in [1.807, 2.05) is 0 Å². The molecule has 2 heteroatoms. The average Bonchev–Trinajstić information content (AvgIpc) is 3.63. The Morgan fingerprint density at radius 3 is 1.24 bits per heavy atom. The van der Waals surface area contributed by atoms with Gasteiger partial charge in [-0.3, -0.25) is 9.80 Å². The van der Waals surface area contributed by atoms with Crippen LogP contribution in [-0.2, 0) is 0 Å². The number of hydrogen-bond donors (Lipinski definition) is 0. The molecule has 0 spiro atoms. The molecular weight excluding hydrogens is 701 g/mol. The van der Waals surface area contributed by atoms with Gasteiger partial charge < -0.3 is 0 Å². The van der Waals surface area contributed by atoms with Crippen molar-refractivity contribution in [3.8, 4) is 0 Å². The minimum absolute atomic E-state index is 0.559. The van der Waals surface area contributed by atoms with Crippen molar-refractivity contribution in [2.45, 2.75) is 269 Å². The highest BCUT2D eigenvalue weighted by Gasteiger charge is 2.61. The highest BCUT2D eigenvalue weighted by atomic mass is 15.3. The molecule has 11 rings (SSSR count). The summed E-state index contributed by atoms with van der Waals surface area (Å²) in [6, 6.07) is 5.35. The molecule has 0 heterocycles. The molecule has 2 nitrogen and oxygen atoms in total. The summed E-state index contributed by atoms with van der Waals surface area (Å²) in [7, 11) is 0. The van der Waals surface area contributed by atoms with Crippen molar-refractivity contribution in [1.29, 1.82) is 0 Å². The number of nitrogens with zero attached hydrogens (tertiary/aromatic N) is 2. The van der Waals surface area contributed by atoms with Gasteiger partial charge in [0.15, 0.2) is 0 Å². The zero-order valence-electron chi connectivity index (χ0n) is 38.9. The molecule has 0 saturated heterocycles. The summed E-state index contributed by atoms with van der Waals surface area (Å²) in [4.78, 5) is 7.04. The molecule has 11 saturated carbocycles. The number of hydrogen-bond acceptors (Lipinski definition) is 2. The van der Waals surface area contributed by atoms with E-state index in [1.165, 1.54) is 89.9 Å². The van der Waals surface area contributed by atoms with Crippen molar-refractivity contribution in [1.82, 2.24) is 9.80 Å². The minimum atomic E-state index is 0.559. The van der Waals surface area contributed by atoms with Crippen LogP contribution < -0.4 is 0 Å². The number of rotatable bonds is 6. The summed E-state index contributed by atoms with van der Waals surface area (Å²) in [5, 5.41) is 0. The van der Waals surface area contributed by atoms with Gasteiger partial charge in [-0.1, -0.05) is 118 Å². The van der Waals surface area contributed by atoms with Crippen LogP contribution in [0.1, 0.15) is 233 Å². The third-order valence-electron chi connectivity index (χ3n) is 23.5. The molecule has 0 bridgehead atoms. The summed E-state index contributed by atoms with van der Waals surface area (Å²) in [6.45, 7) is 11.2. The Bertz CT molecular complexity index is 1330. The van der Waals surface area contributed by atoms with Gasteiger partial charge >= 0.3 is 0 Å². The minimum Gasteiger partial charge on any atom is -0.294 e. The molecule has 11 fully saturated rings. The van der Waals surface area contributed by atoms with Gasteiger partial charge in [0.05, 0.1) is 0 Å². The lowest BCUT2D eigenvalue weighted by atomic mass is 9.61. The van der Waals surface area contributed by atoms with Gasteiger partial charge in [-0.25, -0.2) is 0 Å². The van der Waals surface area contributed by atoms with Gasteiger partial charge in [0, 0.05) is 36.3 Å². The lowest BCUT2D eigenvalue weighted by Gasteiger charge is -2.60. The molecule has 0 N–H and O–H groups in total. The van der Waals surface area contributed by atoms with Crippen LogP contribution in [0.25, 0.3) is 0 Å². The number of fused-ring (bicyclic) bond motifs is 8. The third kappa shape index (κ3) is 6.85. The van der Waals surface area contributed by atoms with Crippen molar-refractivity contribution < 1.29 is 0 Å². The molecule has 11 aliphatic carbocycles. The van der Waals surface area contributed by atoms with E-state index < -0.39 is 0 Å². The summed E-state index contributed by atoms with van der Waals surface area (Å²) < 4.78 is 0. The second kappa shape index (κ2) is 16.5.